The number of carbonyl (C=O) groups is 2. The maximum Gasteiger partial charge on any atom is 0.320 e. The van der Waals surface area contributed by atoms with Crippen LogP contribution in [0.3, 0.4) is 0 Å². The first-order valence-electron chi connectivity index (χ1n) is 4.94. The van der Waals surface area contributed by atoms with Crippen LogP contribution < -0.4 is 0 Å². The highest BCUT2D eigenvalue weighted by atomic mass is 16.5. The summed E-state index contributed by atoms with van der Waals surface area (Å²) in [5, 5.41) is 0. The molecule has 0 aromatic heterocycles. The molecule has 0 N–H and O–H groups in total. The fraction of sp³-hybridized carbons (Fsp3) is 0.800. The fourth-order valence-electron chi connectivity index (χ4n) is 1.78. The summed E-state index contributed by atoms with van der Waals surface area (Å²) in [6, 6.07) is 0. The zero-order chi connectivity index (χ0) is 11.3. The first-order valence-corrected chi connectivity index (χ1v) is 4.94. The van der Waals surface area contributed by atoms with Gasteiger partial charge in [-0.1, -0.05) is 0 Å². The number of ether oxygens (including phenoxy) is 3. The molecular formula is C10H16O5. The molecule has 0 atom stereocenters. The van der Waals surface area contributed by atoms with E-state index in [0.717, 1.165) is 0 Å². The van der Waals surface area contributed by atoms with Crippen molar-refractivity contribution in [3.05, 3.63) is 0 Å². The topological polar surface area (TPSA) is 61.8 Å². The molecule has 1 fully saturated rings. The lowest BCUT2D eigenvalue weighted by Crippen LogP contribution is -2.36. The van der Waals surface area contributed by atoms with Crippen molar-refractivity contribution < 1.29 is 23.8 Å². The van der Waals surface area contributed by atoms with Gasteiger partial charge in [-0.15, -0.1) is 0 Å². The van der Waals surface area contributed by atoms with Gasteiger partial charge in [0.25, 0.3) is 0 Å². The SMILES string of the molecule is COC(=O)C(C(=O)OC)C1CCOCC1. The second kappa shape index (κ2) is 5.70. The molecule has 1 rings (SSSR count). The first kappa shape index (κ1) is 12.0. The Labute approximate surface area is 88.7 Å². The van der Waals surface area contributed by atoms with Gasteiger partial charge in [0.05, 0.1) is 14.2 Å². The van der Waals surface area contributed by atoms with E-state index in [2.05, 4.69) is 9.47 Å². The fourth-order valence-corrected chi connectivity index (χ4v) is 1.78. The van der Waals surface area contributed by atoms with E-state index in [1.165, 1.54) is 14.2 Å². The zero-order valence-electron chi connectivity index (χ0n) is 9.02. The maximum absolute atomic E-state index is 11.4. The molecule has 0 aliphatic carbocycles. The van der Waals surface area contributed by atoms with Crippen molar-refractivity contribution in [3.8, 4) is 0 Å². The van der Waals surface area contributed by atoms with Gasteiger partial charge in [-0.2, -0.15) is 0 Å². The molecule has 0 spiro atoms. The van der Waals surface area contributed by atoms with Crippen molar-refractivity contribution in [3.63, 3.8) is 0 Å². The zero-order valence-corrected chi connectivity index (χ0v) is 9.02. The molecule has 5 heteroatoms. The van der Waals surface area contributed by atoms with Crippen LogP contribution in [-0.2, 0) is 23.8 Å². The number of rotatable bonds is 3. The summed E-state index contributed by atoms with van der Waals surface area (Å²) >= 11 is 0. The number of carbonyl (C=O) groups excluding carboxylic acids is 2. The molecule has 86 valence electrons. The third-order valence-electron chi connectivity index (χ3n) is 2.65. The molecule has 0 bridgehead atoms. The van der Waals surface area contributed by atoms with Crippen LogP contribution in [0, 0.1) is 11.8 Å². The number of esters is 2. The second-order valence-corrected chi connectivity index (χ2v) is 3.47. The van der Waals surface area contributed by atoms with Crippen LogP contribution in [0.25, 0.3) is 0 Å². The summed E-state index contributed by atoms with van der Waals surface area (Å²) in [4.78, 5) is 22.9. The summed E-state index contributed by atoms with van der Waals surface area (Å²) in [6.45, 7) is 1.16. The largest absolute Gasteiger partial charge is 0.468 e. The van der Waals surface area contributed by atoms with Crippen LogP contribution >= 0.6 is 0 Å². The molecule has 1 heterocycles. The van der Waals surface area contributed by atoms with Crippen LogP contribution in [0.1, 0.15) is 12.8 Å². The third-order valence-corrected chi connectivity index (χ3v) is 2.65. The van der Waals surface area contributed by atoms with E-state index in [9.17, 15) is 9.59 Å². The highest BCUT2D eigenvalue weighted by Gasteiger charge is 2.37. The third kappa shape index (κ3) is 2.92. The molecule has 5 nitrogen and oxygen atoms in total. The molecule has 0 amide bonds. The Morgan fingerprint density at radius 2 is 1.60 bits per heavy atom. The van der Waals surface area contributed by atoms with Crippen LogP contribution in [0.5, 0.6) is 0 Å². The Bertz CT molecular complexity index is 216. The second-order valence-electron chi connectivity index (χ2n) is 3.47. The van der Waals surface area contributed by atoms with E-state index in [0.29, 0.717) is 26.1 Å². The average molecular weight is 216 g/mol. The van der Waals surface area contributed by atoms with E-state index in [4.69, 9.17) is 4.74 Å². The summed E-state index contributed by atoms with van der Waals surface area (Å²) in [6.07, 6.45) is 1.38. The lowest BCUT2D eigenvalue weighted by Gasteiger charge is -2.26. The van der Waals surface area contributed by atoms with E-state index in [1.807, 2.05) is 0 Å². The molecule has 0 unspecified atom stereocenters. The molecule has 0 radical (unpaired) electrons. The Balaban J connectivity index is 2.69. The predicted molar refractivity (Wildman–Crippen MR) is 51.1 cm³/mol. The van der Waals surface area contributed by atoms with Crippen molar-refractivity contribution >= 4 is 11.9 Å². The molecule has 1 aliphatic heterocycles. The minimum absolute atomic E-state index is 0.0290. The highest BCUT2D eigenvalue weighted by molar-refractivity contribution is 5.95. The normalized spacial score (nSPS) is 17.5. The van der Waals surface area contributed by atoms with Gasteiger partial charge in [-0.05, 0) is 18.8 Å². The molecule has 0 aromatic rings. The van der Waals surface area contributed by atoms with Crippen LogP contribution in [0.15, 0.2) is 0 Å². The minimum atomic E-state index is -0.802. The lowest BCUT2D eigenvalue weighted by atomic mass is 9.86. The highest BCUT2D eigenvalue weighted by Crippen LogP contribution is 2.25. The Kier molecular flexibility index (Phi) is 4.55. The van der Waals surface area contributed by atoms with Gasteiger partial charge in [-0.25, -0.2) is 0 Å². The summed E-state index contributed by atoms with van der Waals surface area (Å²) < 4.78 is 14.4. The monoisotopic (exact) mass is 216 g/mol. The Morgan fingerprint density at radius 3 is 2.00 bits per heavy atom. The lowest BCUT2D eigenvalue weighted by molar-refractivity contribution is -0.163. The van der Waals surface area contributed by atoms with Gasteiger partial charge in [0.2, 0.25) is 0 Å². The maximum atomic E-state index is 11.4. The Morgan fingerprint density at radius 1 is 1.13 bits per heavy atom. The summed E-state index contributed by atoms with van der Waals surface area (Å²) in [7, 11) is 2.55. The molecule has 1 saturated heterocycles. The molecule has 1 aliphatic rings. The van der Waals surface area contributed by atoms with E-state index in [-0.39, 0.29) is 5.92 Å². The van der Waals surface area contributed by atoms with Gasteiger partial charge < -0.3 is 14.2 Å². The van der Waals surface area contributed by atoms with E-state index >= 15 is 0 Å². The minimum Gasteiger partial charge on any atom is -0.468 e. The predicted octanol–water partition coefficient (Wildman–Crippen LogP) is 0.375. The van der Waals surface area contributed by atoms with Crippen LogP contribution in [0.2, 0.25) is 0 Å². The van der Waals surface area contributed by atoms with Crippen molar-refractivity contribution in [1.82, 2.24) is 0 Å². The number of hydrogen-bond acceptors (Lipinski definition) is 5. The van der Waals surface area contributed by atoms with Gasteiger partial charge in [0, 0.05) is 13.2 Å². The van der Waals surface area contributed by atoms with Gasteiger partial charge in [0.15, 0.2) is 5.92 Å². The van der Waals surface area contributed by atoms with Crippen molar-refractivity contribution in [1.29, 1.82) is 0 Å². The smallest absolute Gasteiger partial charge is 0.320 e. The van der Waals surface area contributed by atoms with Crippen molar-refractivity contribution in [2.45, 2.75) is 12.8 Å². The van der Waals surface area contributed by atoms with Crippen molar-refractivity contribution in [2.75, 3.05) is 27.4 Å². The Hall–Kier alpha value is -1.10. The average Bonchev–Trinajstić information content (AvgIpc) is 2.30. The molecule has 0 saturated carbocycles. The van der Waals surface area contributed by atoms with Crippen LogP contribution in [0.4, 0.5) is 0 Å². The van der Waals surface area contributed by atoms with Gasteiger partial charge >= 0.3 is 11.9 Å². The standard InChI is InChI=1S/C10H16O5/c1-13-9(11)8(10(12)14-2)7-3-5-15-6-4-7/h7-8H,3-6H2,1-2H3. The van der Waals surface area contributed by atoms with Gasteiger partial charge in [0.1, 0.15) is 0 Å². The summed E-state index contributed by atoms with van der Waals surface area (Å²) in [5.41, 5.74) is 0. The van der Waals surface area contributed by atoms with Gasteiger partial charge in [-0.3, -0.25) is 9.59 Å². The number of hydrogen-bond donors (Lipinski definition) is 0. The first-order chi connectivity index (χ1) is 7.20. The molecule has 15 heavy (non-hydrogen) atoms. The summed E-state index contributed by atoms with van der Waals surface area (Å²) in [5.74, 6) is -1.87. The van der Waals surface area contributed by atoms with Crippen LogP contribution in [-0.4, -0.2) is 39.4 Å². The molecular weight excluding hydrogens is 200 g/mol. The van der Waals surface area contributed by atoms with E-state index < -0.39 is 17.9 Å². The number of methoxy groups -OCH3 is 2. The van der Waals surface area contributed by atoms with Crippen molar-refractivity contribution in [2.24, 2.45) is 11.8 Å². The molecule has 0 aromatic carbocycles. The van der Waals surface area contributed by atoms with E-state index in [1.54, 1.807) is 0 Å². The quantitative estimate of drug-likeness (QED) is 0.504.